The lowest BCUT2D eigenvalue weighted by atomic mass is 10.0. The fourth-order valence-corrected chi connectivity index (χ4v) is 3.04. The standard InChI is InChI=1S/C16H27N3O/c1-4-20-16-8-6-5-7-15(16)13(2)19-10-9-18(3)12-14(19)11-17/h5-8,13-14H,4,9-12,17H2,1-3H3. The predicted octanol–water partition coefficient (Wildman–Crippen LogP) is 1.72. The van der Waals surface area contributed by atoms with E-state index < -0.39 is 0 Å². The van der Waals surface area contributed by atoms with E-state index in [1.165, 1.54) is 5.56 Å². The van der Waals surface area contributed by atoms with Crippen molar-refractivity contribution < 1.29 is 4.74 Å². The highest BCUT2D eigenvalue weighted by atomic mass is 16.5. The van der Waals surface area contributed by atoms with E-state index in [2.05, 4.69) is 42.0 Å². The summed E-state index contributed by atoms with van der Waals surface area (Å²) in [5, 5.41) is 0. The van der Waals surface area contributed by atoms with Crippen LogP contribution in [-0.2, 0) is 0 Å². The molecule has 0 bridgehead atoms. The Morgan fingerprint density at radius 1 is 1.35 bits per heavy atom. The first-order valence-corrected chi connectivity index (χ1v) is 7.53. The minimum Gasteiger partial charge on any atom is -0.494 e. The Bertz CT molecular complexity index is 424. The van der Waals surface area contributed by atoms with Gasteiger partial charge in [-0.25, -0.2) is 0 Å². The number of rotatable bonds is 5. The average molecular weight is 277 g/mol. The maximum Gasteiger partial charge on any atom is 0.124 e. The van der Waals surface area contributed by atoms with Gasteiger partial charge in [0.05, 0.1) is 6.61 Å². The van der Waals surface area contributed by atoms with Crippen LogP contribution in [0.3, 0.4) is 0 Å². The summed E-state index contributed by atoms with van der Waals surface area (Å²) in [6, 6.07) is 9.09. The third kappa shape index (κ3) is 3.32. The third-order valence-corrected chi connectivity index (χ3v) is 4.17. The van der Waals surface area contributed by atoms with Crippen LogP contribution >= 0.6 is 0 Å². The molecule has 0 spiro atoms. The summed E-state index contributed by atoms with van der Waals surface area (Å²) in [7, 11) is 2.17. The summed E-state index contributed by atoms with van der Waals surface area (Å²) < 4.78 is 5.77. The minimum atomic E-state index is 0.333. The first-order chi connectivity index (χ1) is 9.67. The second-order valence-electron chi connectivity index (χ2n) is 5.54. The lowest BCUT2D eigenvalue weighted by molar-refractivity contribution is 0.0610. The quantitative estimate of drug-likeness (QED) is 0.890. The minimum absolute atomic E-state index is 0.333. The smallest absolute Gasteiger partial charge is 0.124 e. The number of piperazine rings is 1. The molecule has 1 saturated heterocycles. The fourth-order valence-electron chi connectivity index (χ4n) is 3.04. The van der Waals surface area contributed by atoms with E-state index in [0.717, 1.165) is 25.4 Å². The lowest BCUT2D eigenvalue weighted by Crippen LogP contribution is -2.55. The van der Waals surface area contributed by atoms with Gasteiger partial charge in [-0.1, -0.05) is 18.2 Å². The number of nitrogens with two attached hydrogens (primary N) is 1. The van der Waals surface area contributed by atoms with Crippen molar-refractivity contribution in [2.24, 2.45) is 5.73 Å². The summed E-state index contributed by atoms with van der Waals surface area (Å²) in [4.78, 5) is 4.87. The molecule has 0 radical (unpaired) electrons. The van der Waals surface area contributed by atoms with Crippen LogP contribution in [0.4, 0.5) is 0 Å². The van der Waals surface area contributed by atoms with Crippen molar-refractivity contribution in [3.8, 4) is 5.75 Å². The van der Waals surface area contributed by atoms with E-state index in [1.807, 2.05) is 13.0 Å². The Balaban J connectivity index is 2.19. The number of likely N-dealkylation sites (N-methyl/N-ethyl adjacent to an activating group) is 1. The second kappa shape index (κ2) is 7.07. The Morgan fingerprint density at radius 2 is 2.10 bits per heavy atom. The molecule has 1 aliphatic heterocycles. The maximum absolute atomic E-state index is 5.97. The molecule has 0 aromatic heterocycles. The SMILES string of the molecule is CCOc1ccccc1C(C)N1CCN(C)CC1CN. The Hall–Kier alpha value is -1.10. The lowest BCUT2D eigenvalue weighted by Gasteiger charge is -2.43. The van der Waals surface area contributed by atoms with Crippen molar-refractivity contribution in [2.75, 3.05) is 39.8 Å². The molecule has 1 aliphatic rings. The Labute approximate surface area is 122 Å². The van der Waals surface area contributed by atoms with E-state index >= 15 is 0 Å². The van der Waals surface area contributed by atoms with Gasteiger partial charge in [0.25, 0.3) is 0 Å². The molecule has 2 N–H and O–H groups in total. The highest BCUT2D eigenvalue weighted by molar-refractivity contribution is 5.35. The van der Waals surface area contributed by atoms with E-state index in [4.69, 9.17) is 10.5 Å². The zero-order valence-electron chi connectivity index (χ0n) is 12.9. The molecule has 1 fully saturated rings. The van der Waals surface area contributed by atoms with E-state index in [9.17, 15) is 0 Å². The fraction of sp³-hybridized carbons (Fsp3) is 0.625. The van der Waals surface area contributed by atoms with Gasteiger partial charge >= 0.3 is 0 Å². The van der Waals surface area contributed by atoms with E-state index in [1.54, 1.807) is 0 Å². The van der Waals surface area contributed by atoms with Crippen LogP contribution in [0.25, 0.3) is 0 Å². The van der Waals surface area contributed by atoms with Crippen LogP contribution in [0.1, 0.15) is 25.5 Å². The van der Waals surface area contributed by atoms with Crippen molar-refractivity contribution in [1.82, 2.24) is 9.80 Å². The number of para-hydroxylation sites is 1. The van der Waals surface area contributed by atoms with Crippen molar-refractivity contribution in [2.45, 2.75) is 25.9 Å². The van der Waals surface area contributed by atoms with Gasteiger partial charge in [0.2, 0.25) is 0 Å². The second-order valence-corrected chi connectivity index (χ2v) is 5.54. The molecule has 112 valence electrons. The molecule has 2 unspecified atom stereocenters. The molecule has 1 aromatic carbocycles. The highest BCUT2D eigenvalue weighted by Crippen LogP contribution is 2.31. The molecule has 2 rings (SSSR count). The van der Waals surface area contributed by atoms with Gasteiger partial charge in [-0.15, -0.1) is 0 Å². The highest BCUT2D eigenvalue weighted by Gasteiger charge is 2.29. The molecule has 0 amide bonds. The van der Waals surface area contributed by atoms with E-state index in [-0.39, 0.29) is 0 Å². The summed E-state index contributed by atoms with van der Waals surface area (Å²) in [6.07, 6.45) is 0. The van der Waals surface area contributed by atoms with Gasteiger partial charge < -0.3 is 15.4 Å². The van der Waals surface area contributed by atoms with Crippen LogP contribution in [0, 0.1) is 0 Å². The first kappa shape index (κ1) is 15.3. The van der Waals surface area contributed by atoms with Crippen molar-refractivity contribution in [3.63, 3.8) is 0 Å². The van der Waals surface area contributed by atoms with Gasteiger partial charge in [0, 0.05) is 43.8 Å². The summed E-state index contributed by atoms with van der Waals surface area (Å²) in [6.45, 7) is 8.87. The van der Waals surface area contributed by atoms with Gasteiger partial charge in [0.1, 0.15) is 5.75 Å². The van der Waals surface area contributed by atoms with Gasteiger partial charge in [-0.3, -0.25) is 4.90 Å². The van der Waals surface area contributed by atoms with Crippen LogP contribution in [-0.4, -0.2) is 55.7 Å². The topological polar surface area (TPSA) is 41.7 Å². The van der Waals surface area contributed by atoms with Gasteiger partial charge in [-0.2, -0.15) is 0 Å². The Kier molecular flexibility index (Phi) is 5.40. The van der Waals surface area contributed by atoms with E-state index in [0.29, 0.717) is 25.2 Å². The zero-order chi connectivity index (χ0) is 14.5. The van der Waals surface area contributed by atoms with Crippen LogP contribution in [0.5, 0.6) is 5.75 Å². The predicted molar refractivity (Wildman–Crippen MR) is 83.1 cm³/mol. The number of ether oxygens (including phenoxy) is 1. The molecule has 0 saturated carbocycles. The van der Waals surface area contributed by atoms with Crippen molar-refractivity contribution in [3.05, 3.63) is 29.8 Å². The first-order valence-electron chi connectivity index (χ1n) is 7.53. The molecular formula is C16H27N3O. The monoisotopic (exact) mass is 277 g/mol. The number of nitrogens with zero attached hydrogens (tertiary/aromatic N) is 2. The number of hydrogen-bond donors (Lipinski definition) is 1. The summed E-state index contributed by atoms with van der Waals surface area (Å²) in [5.41, 5.74) is 7.23. The van der Waals surface area contributed by atoms with Gasteiger partial charge in [-0.05, 0) is 27.0 Å². The molecule has 20 heavy (non-hydrogen) atoms. The largest absolute Gasteiger partial charge is 0.494 e. The zero-order valence-corrected chi connectivity index (χ0v) is 12.9. The summed E-state index contributed by atoms with van der Waals surface area (Å²) >= 11 is 0. The Morgan fingerprint density at radius 3 is 2.80 bits per heavy atom. The molecule has 1 heterocycles. The number of benzene rings is 1. The van der Waals surface area contributed by atoms with Crippen molar-refractivity contribution in [1.29, 1.82) is 0 Å². The molecule has 0 aliphatic carbocycles. The van der Waals surface area contributed by atoms with Gasteiger partial charge in [0.15, 0.2) is 0 Å². The number of hydrogen-bond acceptors (Lipinski definition) is 4. The van der Waals surface area contributed by atoms with Crippen LogP contribution in [0.15, 0.2) is 24.3 Å². The van der Waals surface area contributed by atoms with Crippen LogP contribution in [0.2, 0.25) is 0 Å². The molecule has 4 heteroatoms. The normalized spacial score (nSPS) is 22.7. The molecular weight excluding hydrogens is 250 g/mol. The summed E-state index contributed by atoms with van der Waals surface area (Å²) in [5.74, 6) is 0.997. The molecule has 2 atom stereocenters. The van der Waals surface area contributed by atoms with Crippen LogP contribution < -0.4 is 10.5 Å². The maximum atomic E-state index is 5.97. The molecule has 1 aromatic rings. The average Bonchev–Trinajstić information content (AvgIpc) is 2.47. The molecule has 4 nitrogen and oxygen atoms in total. The van der Waals surface area contributed by atoms with Crippen molar-refractivity contribution >= 4 is 0 Å². The third-order valence-electron chi connectivity index (χ3n) is 4.17.